The molecule has 4 heterocycles. The Morgan fingerprint density at radius 2 is 2.09 bits per heavy atom. The summed E-state index contributed by atoms with van der Waals surface area (Å²) >= 11 is 0. The molecule has 5 rings (SSSR count). The standard InChI is InChI=1S/C24H26FN5O2/c1-13-17(19-9-16(25)6-7-20(19)26-13)10-22(32)30-8-4-5-15(12-30)23-27-14(2)18-11-21(31)29(3)24(18)28-23/h6-7,9,15,26H,4-5,8,10-12H2,1-3H3/t15-/m0/s1. The molecular formula is C24H26FN5O2. The van der Waals surface area contributed by atoms with Crippen molar-refractivity contribution in [3.05, 3.63) is 52.4 Å². The van der Waals surface area contributed by atoms with E-state index in [1.54, 1.807) is 18.0 Å². The summed E-state index contributed by atoms with van der Waals surface area (Å²) in [7, 11) is 1.74. The van der Waals surface area contributed by atoms with E-state index in [0.717, 1.165) is 46.3 Å². The number of benzene rings is 1. The number of carbonyl (C=O) groups is 2. The summed E-state index contributed by atoms with van der Waals surface area (Å²) < 4.78 is 13.8. The first-order chi connectivity index (χ1) is 15.3. The summed E-state index contributed by atoms with van der Waals surface area (Å²) in [6.45, 7) is 5.07. The lowest BCUT2D eigenvalue weighted by molar-refractivity contribution is -0.131. The number of anilines is 1. The summed E-state index contributed by atoms with van der Waals surface area (Å²) in [6.07, 6.45) is 2.34. The molecule has 0 saturated carbocycles. The van der Waals surface area contributed by atoms with E-state index in [-0.39, 0.29) is 30.0 Å². The second-order valence-corrected chi connectivity index (χ2v) is 8.87. The highest BCUT2D eigenvalue weighted by molar-refractivity contribution is 6.00. The number of halogens is 1. The Kier molecular flexibility index (Phi) is 4.95. The van der Waals surface area contributed by atoms with E-state index in [9.17, 15) is 14.0 Å². The minimum absolute atomic E-state index is 0.0214. The number of H-pyrrole nitrogens is 1. The summed E-state index contributed by atoms with van der Waals surface area (Å²) in [5.74, 6) is 1.16. The largest absolute Gasteiger partial charge is 0.358 e. The summed E-state index contributed by atoms with van der Waals surface area (Å²) in [5.41, 5.74) is 4.30. The van der Waals surface area contributed by atoms with Crippen LogP contribution in [0.4, 0.5) is 10.2 Å². The fourth-order valence-corrected chi connectivity index (χ4v) is 4.92. The Hall–Kier alpha value is -3.29. The molecule has 32 heavy (non-hydrogen) atoms. The molecule has 0 bridgehead atoms. The molecule has 0 unspecified atom stereocenters. The lowest BCUT2D eigenvalue weighted by atomic mass is 9.96. The van der Waals surface area contributed by atoms with Crippen LogP contribution in [0.25, 0.3) is 10.9 Å². The number of likely N-dealkylation sites (tertiary alicyclic amines) is 1. The second kappa shape index (κ2) is 7.69. The normalized spacial score (nSPS) is 18.5. The van der Waals surface area contributed by atoms with Crippen LogP contribution < -0.4 is 4.90 Å². The molecule has 1 aromatic carbocycles. The van der Waals surface area contributed by atoms with Crippen molar-refractivity contribution in [3.63, 3.8) is 0 Å². The van der Waals surface area contributed by atoms with E-state index in [1.807, 2.05) is 18.7 Å². The van der Waals surface area contributed by atoms with Crippen molar-refractivity contribution in [1.29, 1.82) is 0 Å². The van der Waals surface area contributed by atoms with Crippen molar-refractivity contribution in [1.82, 2.24) is 19.9 Å². The molecule has 2 amide bonds. The summed E-state index contributed by atoms with van der Waals surface area (Å²) in [4.78, 5) is 41.4. The third-order valence-electron chi connectivity index (χ3n) is 6.78. The van der Waals surface area contributed by atoms with Crippen molar-refractivity contribution in [2.24, 2.45) is 0 Å². The Bertz CT molecular complexity index is 1250. The molecule has 1 fully saturated rings. The number of hydrogen-bond acceptors (Lipinski definition) is 4. The molecule has 8 heteroatoms. The first-order valence-corrected chi connectivity index (χ1v) is 11.0. The number of likely N-dealkylation sites (N-methyl/N-ethyl adjacent to an activating group) is 1. The first kappa shape index (κ1) is 20.6. The van der Waals surface area contributed by atoms with Gasteiger partial charge in [-0.25, -0.2) is 14.4 Å². The minimum Gasteiger partial charge on any atom is -0.358 e. The predicted molar refractivity (Wildman–Crippen MR) is 119 cm³/mol. The lowest BCUT2D eigenvalue weighted by Crippen LogP contribution is -2.40. The van der Waals surface area contributed by atoms with E-state index in [2.05, 4.69) is 4.98 Å². The fraction of sp³-hybridized carbons (Fsp3) is 0.417. The van der Waals surface area contributed by atoms with Gasteiger partial charge in [-0.1, -0.05) is 0 Å². The van der Waals surface area contributed by atoms with Crippen LogP contribution in [-0.2, 0) is 22.4 Å². The van der Waals surface area contributed by atoms with Crippen LogP contribution in [0.2, 0.25) is 0 Å². The number of aromatic nitrogens is 3. The van der Waals surface area contributed by atoms with Gasteiger partial charge in [0.05, 0.1) is 12.8 Å². The molecule has 166 valence electrons. The second-order valence-electron chi connectivity index (χ2n) is 8.87. The van der Waals surface area contributed by atoms with Gasteiger partial charge in [-0.15, -0.1) is 0 Å². The minimum atomic E-state index is -0.309. The van der Waals surface area contributed by atoms with Crippen LogP contribution in [-0.4, -0.2) is 51.8 Å². The fourth-order valence-electron chi connectivity index (χ4n) is 4.92. The molecular weight excluding hydrogens is 409 g/mol. The predicted octanol–water partition coefficient (Wildman–Crippen LogP) is 3.18. The molecule has 1 atom stereocenters. The average Bonchev–Trinajstić information content (AvgIpc) is 3.24. The third kappa shape index (κ3) is 3.43. The van der Waals surface area contributed by atoms with Gasteiger partial charge in [-0.3, -0.25) is 14.5 Å². The molecule has 0 aliphatic carbocycles. The molecule has 0 spiro atoms. The number of fused-ring (bicyclic) bond motifs is 2. The van der Waals surface area contributed by atoms with Gasteiger partial charge < -0.3 is 9.88 Å². The quantitative estimate of drug-likeness (QED) is 0.685. The Balaban J connectivity index is 1.37. The zero-order valence-corrected chi connectivity index (χ0v) is 18.5. The van der Waals surface area contributed by atoms with Gasteiger partial charge in [-0.05, 0) is 50.5 Å². The maximum atomic E-state index is 13.8. The number of nitrogens with zero attached hydrogens (tertiary/aromatic N) is 4. The van der Waals surface area contributed by atoms with Gasteiger partial charge in [0.2, 0.25) is 11.8 Å². The average molecular weight is 436 g/mol. The van der Waals surface area contributed by atoms with Gasteiger partial charge in [0.25, 0.3) is 0 Å². The maximum Gasteiger partial charge on any atom is 0.232 e. The van der Waals surface area contributed by atoms with Crippen LogP contribution >= 0.6 is 0 Å². The molecule has 2 aliphatic heterocycles. The van der Waals surface area contributed by atoms with Gasteiger partial charge in [0.15, 0.2) is 0 Å². The monoisotopic (exact) mass is 435 g/mol. The number of piperidine rings is 1. The maximum absolute atomic E-state index is 13.8. The zero-order valence-electron chi connectivity index (χ0n) is 18.5. The van der Waals surface area contributed by atoms with Crippen molar-refractivity contribution in [3.8, 4) is 0 Å². The van der Waals surface area contributed by atoms with Gasteiger partial charge in [-0.2, -0.15) is 0 Å². The van der Waals surface area contributed by atoms with Crippen molar-refractivity contribution in [2.45, 2.75) is 45.4 Å². The number of carbonyl (C=O) groups excluding carboxylic acids is 2. The molecule has 3 aromatic rings. The van der Waals surface area contributed by atoms with Crippen LogP contribution in [0, 0.1) is 19.7 Å². The highest BCUT2D eigenvalue weighted by Crippen LogP contribution is 2.32. The van der Waals surface area contributed by atoms with Gasteiger partial charge in [0, 0.05) is 53.9 Å². The number of rotatable bonds is 3. The van der Waals surface area contributed by atoms with Crippen LogP contribution in [0.1, 0.15) is 47.1 Å². The smallest absolute Gasteiger partial charge is 0.232 e. The molecule has 1 saturated heterocycles. The third-order valence-corrected chi connectivity index (χ3v) is 6.78. The number of amides is 2. The summed E-state index contributed by atoms with van der Waals surface area (Å²) in [6, 6.07) is 4.61. The van der Waals surface area contributed by atoms with Gasteiger partial charge in [0.1, 0.15) is 17.5 Å². The lowest BCUT2D eigenvalue weighted by Gasteiger charge is -2.32. The molecule has 2 aromatic heterocycles. The molecule has 2 aliphatic rings. The van der Waals surface area contributed by atoms with Crippen molar-refractivity contribution >= 4 is 28.5 Å². The Morgan fingerprint density at radius 3 is 2.91 bits per heavy atom. The molecule has 7 nitrogen and oxygen atoms in total. The van der Waals surface area contributed by atoms with Crippen molar-refractivity contribution < 1.29 is 14.0 Å². The summed E-state index contributed by atoms with van der Waals surface area (Å²) in [5, 5.41) is 0.759. The number of nitrogens with one attached hydrogen (secondary N) is 1. The highest BCUT2D eigenvalue weighted by atomic mass is 19.1. The van der Waals surface area contributed by atoms with E-state index >= 15 is 0 Å². The van der Waals surface area contributed by atoms with E-state index in [0.29, 0.717) is 31.2 Å². The Morgan fingerprint density at radius 1 is 1.28 bits per heavy atom. The molecule has 0 radical (unpaired) electrons. The molecule has 1 N–H and O–H groups in total. The van der Waals surface area contributed by atoms with E-state index in [4.69, 9.17) is 9.97 Å². The SMILES string of the molecule is Cc1nc([C@H]2CCCN(C(=O)Cc3c(C)[nH]c4ccc(F)cc34)C2)nc2c1CC(=O)N2C. The van der Waals surface area contributed by atoms with Crippen LogP contribution in [0.15, 0.2) is 18.2 Å². The van der Waals surface area contributed by atoms with Crippen LogP contribution in [0.3, 0.4) is 0 Å². The topological polar surface area (TPSA) is 82.2 Å². The highest BCUT2D eigenvalue weighted by Gasteiger charge is 2.32. The number of aromatic amines is 1. The van der Waals surface area contributed by atoms with Crippen LogP contribution in [0.5, 0.6) is 0 Å². The van der Waals surface area contributed by atoms with Crippen molar-refractivity contribution in [2.75, 3.05) is 25.0 Å². The number of hydrogen-bond donors (Lipinski definition) is 1. The number of aryl methyl sites for hydroxylation is 2. The van der Waals surface area contributed by atoms with E-state index < -0.39 is 0 Å². The Labute approximate surface area is 185 Å². The first-order valence-electron chi connectivity index (χ1n) is 11.0. The van der Waals surface area contributed by atoms with Gasteiger partial charge >= 0.3 is 0 Å². The zero-order chi connectivity index (χ0) is 22.6. The van der Waals surface area contributed by atoms with E-state index in [1.165, 1.54) is 12.1 Å².